The third kappa shape index (κ3) is 3.98. The number of aliphatic hydroxyl groups is 1. The molecule has 0 unspecified atom stereocenters. The first-order valence-electron chi connectivity index (χ1n) is 7.70. The Morgan fingerprint density at radius 3 is 2.45 bits per heavy atom. The third-order valence-electron chi connectivity index (χ3n) is 3.72. The van der Waals surface area contributed by atoms with Gasteiger partial charge < -0.3 is 20.4 Å². The van der Waals surface area contributed by atoms with Crippen molar-refractivity contribution >= 4 is 22.6 Å². The summed E-state index contributed by atoms with van der Waals surface area (Å²) in [6, 6.07) is 5.15. The van der Waals surface area contributed by atoms with Gasteiger partial charge in [-0.3, -0.25) is 4.79 Å². The van der Waals surface area contributed by atoms with Crippen molar-refractivity contribution in [3.05, 3.63) is 28.7 Å². The van der Waals surface area contributed by atoms with Crippen LogP contribution in [-0.2, 0) is 4.79 Å². The summed E-state index contributed by atoms with van der Waals surface area (Å²) in [6.07, 6.45) is 2.97. The summed E-state index contributed by atoms with van der Waals surface area (Å²) in [5.74, 6) is -0.221. The van der Waals surface area contributed by atoms with Gasteiger partial charge in [-0.15, -0.1) is 0 Å². The second-order valence-corrected chi connectivity index (χ2v) is 5.79. The largest absolute Gasteiger partial charge is 0.389 e. The number of benzene rings is 1. The lowest BCUT2D eigenvalue weighted by molar-refractivity contribution is -0.121. The van der Waals surface area contributed by atoms with E-state index < -0.39 is 5.60 Å². The molecular formula is C16H23N3O3. The Labute approximate surface area is 128 Å². The van der Waals surface area contributed by atoms with Gasteiger partial charge in [0.1, 0.15) is 0 Å². The monoisotopic (exact) mass is 305 g/mol. The van der Waals surface area contributed by atoms with E-state index in [4.69, 9.17) is 0 Å². The van der Waals surface area contributed by atoms with Gasteiger partial charge in [-0.2, -0.15) is 0 Å². The lowest BCUT2D eigenvalue weighted by Gasteiger charge is -2.26. The highest BCUT2D eigenvalue weighted by Crippen LogP contribution is 2.24. The fourth-order valence-electron chi connectivity index (χ4n) is 2.85. The molecule has 2 aromatic rings. The van der Waals surface area contributed by atoms with Crippen LogP contribution in [0.5, 0.6) is 0 Å². The number of aromatic amines is 2. The molecule has 2 rings (SSSR count). The molecule has 0 saturated heterocycles. The number of hydrogen-bond acceptors (Lipinski definition) is 3. The molecule has 1 aromatic heterocycles. The molecule has 0 aliphatic carbocycles. The van der Waals surface area contributed by atoms with Gasteiger partial charge in [0.2, 0.25) is 5.91 Å². The van der Waals surface area contributed by atoms with Crippen molar-refractivity contribution in [1.29, 1.82) is 0 Å². The van der Waals surface area contributed by atoms with Gasteiger partial charge in [0, 0.05) is 5.69 Å². The summed E-state index contributed by atoms with van der Waals surface area (Å²) in [4.78, 5) is 28.7. The highest BCUT2D eigenvalue weighted by Gasteiger charge is 2.28. The molecule has 0 atom stereocenters. The zero-order chi connectivity index (χ0) is 16.2. The van der Waals surface area contributed by atoms with Crippen LogP contribution in [0.3, 0.4) is 0 Å². The first kappa shape index (κ1) is 16.3. The molecule has 0 aliphatic heterocycles. The van der Waals surface area contributed by atoms with Crippen LogP contribution in [0.2, 0.25) is 0 Å². The average Bonchev–Trinajstić information content (AvgIpc) is 2.78. The van der Waals surface area contributed by atoms with Crippen molar-refractivity contribution in [3.8, 4) is 0 Å². The maximum atomic E-state index is 12.2. The summed E-state index contributed by atoms with van der Waals surface area (Å²) in [7, 11) is 0. The molecule has 6 heteroatoms. The molecule has 0 fully saturated rings. The van der Waals surface area contributed by atoms with E-state index in [9.17, 15) is 14.7 Å². The van der Waals surface area contributed by atoms with Crippen molar-refractivity contribution in [3.63, 3.8) is 0 Å². The minimum atomic E-state index is -0.944. The number of H-pyrrole nitrogens is 2. The minimum Gasteiger partial charge on any atom is -0.389 e. The van der Waals surface area contributed by atoms with Crippen LogP contribution in [-0.4, -0.2) is 26.6 Å². The van der Waals surface area contributed by atoms with Crippen molar-refractivity contribution in [1.82, 2.24) is 9.97 Å². The van der Waals surface area contributed by atoms with Gasteiger partial charge in [-0.25, -0.2) is 4.79 Å². The number of carbonyl (C=O) groups excluding carboxylic acids is 1. The van der Waals surface area contributed by atoms with E-state index >= 15 is 0 Å². The number of amides is 1. The van der Waals surface area contributed by atoms with Crippen LogP contribution < -0.4 is 11.0 Å². The molecular weight excluding hydrogens is 282 g/mol. The van der Waals surface area contributed by atoms with E-state index in [1.54, 1.807) is 18.2 Å². The molecule has 120 valence electrons. The number of rotatable bonds is 7. The molecule has 0 saturated carbocycles. The Bertz CT molecular complexity index is 696. The molecule has 22 heavy (non-hydrogen) atoms. The number of nitrogens with one attached hydrogen (secondary N) is 3. The molecule has 0 spiro atoms. The highest BCUT2D eigenvalue weighted by molar-refractivity contribution is 5.93. The number of hydrogen-bond donors (Lipinski definition) is 4. The Hall–Kier alpha value is -2.08. The Morgan fingerprint density at radius 2 is 1.82 bits per heavy atom. The maximum absolute atomic E-state index is 12.2. The summed E-state index contributed by atoms with van der Waals surface area (Å²) in [5, 5.41) is 13.3. The first-order valence-corrected chi connectivity index (χ1v) is 7.70. The van der Waals surface area contributed by atoms with E-state index in [1.807, 2.05) is 13.8 Å². The summed E-state index contributed by atoms with van der Waals surface area (Å²) in [5.41, 5.74) is 0.707. The third-order valence-corrected chi connectivity index (χ3v) is 3.72. The number of carbonyl (C=O) groups is 1. The predicted octanol–water partition coefficient (Wildman–Crippen LogP) is 2.52. The lowest BCUT2D eigenvalue weighted by Crippen LogP contribution is -2.33. The van der Waals surface area contributed by atoms with Gasteiger partial charge in [0.25, 0.3) is 0 Å². The number of anilines is 1. The molecule has 1 heterocycles. The minimum absolute atomic E-state index is 0.0797. The van der Waals surface area contributed by atoms with Crippen molar-refractivity contribution < 1.29 is 9.90 Å². The Morgan fingerprint density at radius 1 is 1.18 bits per heavy atom. The first-order chi connectivity index (χ1) is 10.5. The topological polar surface area (TPSA) is 98.0 Å². The quantitative estimate of drug-likeness (QED) is 0.632. The number of fused-ring (bicyclic) bond motifs is 1. The Balaban J connectivity index is 2.07. The second-order valence-electron chi connectivity index (χ2n) is 5.79. The van der Waals surface area contributed by atoms with E-state index in [2.05, 4.69) is 15.3 Å². The SMILES string of the molecule is CCCC(O)(CCC)CC(=O)Nc1ccc2[nH]c(=O)[nH]c2c1. The summed E-state index contributed by atoms with van der Waals surface area (Å²) in [6.45, 7) is 3.99. The van der Waals surface area contributed by atoms with Crippen LogP contribution >= 0.6 is 0 Å². The van der Waals surface area contributed by atoms with E-state index in [1.165, 1.54) is 0 Å². The fourth-order valence-corrected chi connectivity index (χ4v) is 2.85. The zero-order valence-electron chi connectivity index (χ0n) is 13.0. The lowest BCUT2D eigenvalue weighted by atomic mass is 9.89. The molecule has 1 aromatic carbocycles. The van der Waals surface area contributed by atoms with Crippen LogP contribution in [0.15, 0.2) is 23.0 Å². The summed E-state index contributed by atoms with van der Waals surface area (Å²) >= 11 is 0. The van der Waals surface area contributed by atoms with E-state index in [0.29, 0.717) is 29.6 Å². The van der Waals surface area contributed by atoms with Crippen LogP contribution in [0, 0.1) is 0 Å². The van der Waals surface area contributed by atoms with E-state index in [-0.39, 0.29) is 18.0 Å². The fraction of sp³-hybridized carbons (Fsp3) is 0.500. The average molecular weight is 305 g/mol. The highest BCUT2D eigenvalue weighted by atomic mass is 16.3. The van der Waals surface area contributed by atoms with Gasteiger partial charge in [0.15, 0.2) is 0 Å². The molecule has 0 aliphatic rings. The second kappa shape index (κ2) is 6.79. The maximum Gasteiger partial charge on any atom is 0.323 e. The molecule has 0 radical (unpaired) electrons. The van der Waals surface area contributed by atoms with E-state index in [0.717, 1.165) is 12.8 Å². The molecule has 1 amide bonds. The summed E-state index contributed by atoms with van der Waals surface area (Å²) < 4.78 is 0. The smallest absolute Gasteiger partial charge is 0.323 e. The number of aromatic nitrogens is 2. The van der Waals surface area contributed by atoms with Crippen LogP contribution in [0.1, 0.15) is 46.0 Å². The molecule has 4 N–H and O–H groups in total. The van der Waals surface area contributed by atoms with Crippen LogP contribution in [0.25, 0.3) is 11.0 Å². The zero-order valence-corrected chi connectivity index (χ0v) is 13.0. The van der Waals surface area contributed by atoms with Crippen molar-refractivity contribution in [2.75, 3.05) is 5.32 Å². The predicted molar refractivity (Wildman–Crippen MR) is 86.9 cm³/mol. The van der Waals surface area contributed by atoms with Gasteiger partial charge >= 0.3 is 5.69 Å². The van der Waals surface area contributed by atoms with Crippen molar-refractivity contribution in [2.45, 2.75) is 51.6 Å². The van der Waals surface area contributed by atoms with Gasteiger partial charge in [0.05, 0.1) is 23.1 Å². The van der Waals surface area contributed by atoms with Gasteiger partial charge in [-0.1, -0.05) is 26.7 Å². The van der Waals surface area contributed by atoms with Crippen LogP contribution in [0.4, 0.5) is 5.69 Å². The van der Waals surface area contributed by atoms with Crippen molar-refractivity contribution in [2.24, 2.45) is 0 Å². The normalized spacial score (nSPS) is 11.8. The molecule has 6 nitrogen and oxygen atoms in total. The standard InChI is InChI=1S/C16H23N3O3/c1-3-7-16(22,8-4-2)10-14(20)17-11-5-6-12-13(9-11)19-15(21)18-12/h5-6,9,22H,3-4,7-8,10H2,1-2H3,(H,17,20)(H2,18,19,21). The number of imidazole rings is 1. The Kier molecular flexibility index (Phi) is 5.03. The molecule has 0 bridgehead atoms. The van der Waals surface area contributed by atoms with Gasteiger partial charge in [-0.05, 0) is 31.0 Å².